The molecule has 2 N–H and O–H groups in total. The molecule has 108 valence electrons. The average Bonchev–Trinajstić information content (AvgIpc) is 2.36. The van der Waals surface area contributed by atoms with Crippen molar-refractivity contribution in [3.8, 4) is 0 Å². The molecule has 1 heterocycles. The van der Waals surface area contributed by atoms with Gasteiger partial charge in [-0.3, -0.25) is 15.2 Å². The molecule has 1 rings (SSSR count). The molecule has 0 saturated heterocycles. The van der Waals surface area contributed by atoms with Crippen LogP contribution < -0.4 is 62.2 Å². The van der Waals surface area contributed by atoms with Gasteiger partial charge in [0.1, 0.15) is 0 Å². The predicted octanol–water partition coefficient (Wildman–Crippen LogP) is -2.05. The summed E-state index contributed by atoms with van der Waals surface area (Å²) < 4.78 is 4.93. The molecule has 0 saturated carbocycles. The Bertz CT molecular complexity index is 567. The Morgan fingerprint density at radius 3 is 2.38 bits per heavy atom. The summed E-state index contributed by atoms with van der Waals surface area (Å²) >= 11 is 9.24. The van der Waals surface area contributed by atoms with Crippen molar-refractivity contribution >= 4 is 41.0 Å². The largest absolute Gasteiger partial charge is 1.00 e. The summed E-state index contributed by atoms with van der Waals surface area (Å²) in [5.74, 6) is -0.994. The van der Waals surface area contributed by atoms with Crippen LogP contribution in [0.25, 0.3) is 0 Å². The van der Waals surface area contributed by atoms with Crippen LogP contribution in [0.4, 0.5) is 0 Å². The molecule has 21 heavy (non-hydrogen) atoms. The summed E-state index contributed by atoms with van der Waals surface area (Å²) in [5, 5.41) is 0. The first-order valence-electron chi connectivity index (χ1n) is 5.79. The van der Waals surface area contributed by atoms with Gasteiger partial charge < -0.3 is 35.0 Å². The fraction of sp³-hybridized carbons (Fsp3) is 0.333. The summed E-state index contributed by atoms with van der Waals surface area (Å²) in [7, 11) is 0. The quantitative estimate of drug-likeness (QED) is 0.213. The summed E-state index contributed by atoms with van der Waals surface area (Å²) in [6.45, 7) is 5.30. The van der Waals surface area contributed by atoms with Crippen LogP contribution in [0.3, 0.4) is 0 Å². The number of aromatic nitrogens is 1. The minimum Gasteiger partial charge on any atom is -0.462 e. The molecule has 0 aliphatic carbocycles. The van der Waals surface area contributed by atoms with Crippen LogP contribution in [-0.4, -0.2) is 27.8 Å². The second kappa shape index (κ2) is 9.77. The molecule has 0 bridgehead atoms. The van der Waals surface area contributed by atoms with E-state index < -0.39 is 11.9 Å². The van der Waals surface area contributed by atoms with E-state index in [-0.39, 0.29) is 73.4 Å². The van der Waals surface area contributed by atoms with Crippen molar-refractivity contribution in [1.82, 2.24) is 15.8 Å². The van der Waals surface area contributed by atoms with Gasteiger partial charge in [0.25, 0.3) is 5.91 Å². The van der Waals surface area contributed by atoms with Crippen molar-refractivity contribution in [3.63, 3.8) is 0 Å². The number of amides is 1. The van der Waals surface area contributed by atoms with Crippen LogP contribution in [0.5, 0.6) is 0 Å². The number of thiocarbonyl (C=S) groups is 1. The van der Waals surface area contributed by atoms with E-state index in [9.17, 15) is 9.59 Å². The minimum absolute atomic E-state index is 0. The summed E-state index contributed by atoms with van der Waals surface area (Å²) in [5.41, 5.74) is 6.19. The third-order valence-corrected chi connectivity index (χ3v) is 2.63. The molecule has 0 spiro atoms. The maximum absolute atomic E-state index is 11.9. The van der Waals surface area contributed by atoms with Gasteiger partial charge in [0, 0.05) is 0 Å². The Labute approximate surface area is 176 Å². The second-order valence-corrected chi connectivity index (χ2v) is 4.92. The molecule has 0 aliphatic heterocycles. The van der Waals surface area contributed by atoms with Crippen LogP contribution >= 0.6 is 12.2 Å². The molecule has 0 atom stereocenters. The average molecular weight is 351 g/mol. The molecule has 0 radical (unpaired) electrons. The summed E-state index contributed by atoms with van der Waals surface area (Å²) in [6.07, 6.45) is 0. The SMILES string of the molecule is CCOC(=O)c1cc(C(=O)NNC(=S)[S-])c(C)nc1C.[K+]. The molecular formula is C12H14KN3O3S2. The van der Waals surface area contributed by atoms with Crippen LogP contribution in [-0.2, 0) is 17.4 Å². The van der Waals surface area contributed by atoms with Gasteiger partial charge in [-0.2, -0.15) is 0 Å². The molecule has 0 fully saturated rings. The normalized spacial score (nSPS) is 9.29. The molecule has 1 aromatic heterocycles. The maximum Gasteiger partial charge on any atom is 1.00 e. The van der Waals surface area contributed by atoms with Gasteiger partial charge in [-0.05, 0) is 31.2 Å². The Kier molecular flexibility index (Phi) is 9.70. The first kappa shape index (κ1) is 20.8. The topological polar surface area (TPSA) is 80.3 Å². The second-order valence-electron chi connectivity index (χ2n) is 3.84. The van der Waals surface area contributed by atoms with Gasteiger partial charge in [0.2, 0.25) is 0 Å². The Balaban J connectivity index is 0.00000400. The number of ether oxygens (including phenoxy) is 1. The van der Waals surface area contributed by atoms with E-state index in [1.54, 1.807) is 20.8 Å². The van der Waals surface area contributed by atoms with Crippen LogP contribution in [0.15, 0.2) is 6.07 Å². The van der Waals surface area contributed by atoms with Gasteiger partial charge in [-0.15, -0.1) is 0 Å². The van der Waals surface area contributed by atoms with Crippen LogP contribution in [0.2, 0.25) is 0 Å². The zero-order valence-corrected chi connectivity index (χ0v) is 17.0. The molecular weight excluding hydrogens is 337 g/mol. The zero-order valence-electron chi connectivity index (χ0n) is 12.3. The first-order valence-corrected chi connectivity index (χ1v) is 6.61. The minimum atomic E-state index is -0.515. The first-order chi connectivity index (χ1) is 9.36. The van der Waals surface area contributed by atoms with E-state index in [2.05, 4.69) is 40.7 Å². The third-order valence-electron chi connectivity index (χ3n) is 2.42. The number of nitrogens with zero attached hydrogens (tertiary/aromatic N) is 1. The Hall–Kier alpha value is -0.164. The van der Waals surface area contributed by atoms with Crippen molar-refractivity contribution < 1.29 is 65.7 Å². The number of carbonyl (C=O) groups is 2. The Morgan fingerprint density at radius 1 is 1.29 bits per heavy atom. The zero-order chi connectivity index (χ0) is 15.3. The number of nitrogens with one attached hydrogen (secondary N) is 2. The van der Waals surface area contributed by atoms with Crippen molar-refractivity contribution in [2.45, 2.75) is 20.8 Å². The smallest absolute Gasteiger partial charge is 0.462 e. The number of esters is 1. The molecule has 0 aromatic carbocycles. The van der Waals surface area contributed by atoms with Gasteiger partial charge in [0.05, 0.1) is 29.1 Å². The number of rotatable bonds is 3. The van der Waals surface area contributed by atoms with E-state index in [1.165, 1.54) is 6.07 Å². The molecule has 9 heteroatoms. The van der Waals surface area contributed by atoms with Gasteiger partial charge in [0.15, 0.2) is 0 Å². The monoisotopic (exact) mass is 351 g/mol. The summed E-state index contributed by atoms with van der Waals surface area (Å²) in [4.78, 5) is 27.9. The van der Waals surface area contributed by atoms with Crippen molar-refractivity contribution in [2.24, 2.45) is 0 Å². The van der Waals surface area contributed by atoms with E-state index in [0.717, 1.165) is 0 Å². The molecule has 0 unspecified atom stereocenters. The number of hydrogen-bond acceptors (Lipinski definition) is 6. The standard InChI is InChI=1S/C12H15N3O3S2.K/c1-4-18-11(17)9-5-8(6(2)13-7(9)3)10(16)14-15-12(19)20;/h5H,4H2,1-3H3,(H,14,16)(H2,15,19,20);/q;+1/p-1. The Morgan fingerprint density at radius 2 is 1.86 bits per heavy atom. The van der Waals surface area contributed by atoms with Crippen molar-refractivity contribution in [3.05, 3.63) is 28.6 Å². The molecule has 6 nitrogen and oxygen atoms in total. The number of pyridine rings is 1. The van der Waals surface area contributed by atoms with E-state index in [4.69, 9.17) is 4.74 Å². The van der Waals surface area contributed by atoms with Gasteiger partial charge in [-0.25, -0.2) is 4.79 Å². The molecule has 1 aromatic rings. The number of hydrogen-bond donors (Lipinski definition) is 2. The molecule has 1 amide bonds. The van der Waals surface area contributed by atoms with E-state index >= 15 is 0 Å². The van der Waals surface area contributed by atoms with Crippen molar-refractivity contribution in [1.29, 1.82) is 0 Å². The predicted molar refractivity (Wildman–Crippen MR) is 80.2 cm³/mol. The molecule has 0 aliphatic rings. The fourth-order valence-electron chi connectivity index (χ4n) is 1.55. The maximum atomic E-state index is 11.9. The van der Waals surface area contributed by atoms with Gasteiger partial charge >= 0.3 is 57.4 Å². The van der Waals surface area contributed by atoms with Crippen molar-refractivity contribution in [2.75, 3.05) is 6.61 Å². The number of aryl methyl sites for hydroxylation is 2. The van der Waals surface area contributed by atoms with E-state index in [1.807, 2.05) is 0 Å². The number of carbonyl (C=O) groups excluding carboxylic acids is 2. The van der Waals surface area contributed by atoms with Crippen LogP contribution in [0.1, 0.15) is 39.0 Å². The van der Waals surface area contributed by atoms with Gasteiger partial charge in [-0.1, -0.05) is 0 Å². The van der Waals surface area contributed by atoms with Crippen LogP contribution in [0, 0.1) is 13.8 Å². The number of hydrazine groups is 1. The van der Waals surface area contributed by atoms with E-state index in [0.29, 0.717) is 11.4 Å². The fourth-order valence-corrected chi connectivity index (χ4v) is 1.65. The summed E-state index contributed by atoms with van der Waals surface area (Å²) in [6, 6.07) is 1.44. The third kappa shape index (κ3) is 6.23.